The van der Waals surface area contributed by atoms with Crippen molar-refractivity contribution in [3.05, 3.63) is 588 Å². The first-order valence-corrected chi connectivity index (χ1v) is 49.2. The maximum Gasteiger partial charge on any atom is 0.0624 e. The standard InChI is InChI=1S/C52H37N.C50H33N.C38H27N/c1-5-15-38(16-6-1)40-25-27-41(28-26-40)43-31-35-48(36-32-43)53(47-33-29-42(30-34-47)39-17-7-2-8-18-39)52-49-24-14-13-23-46(49)37-50(44-19-9-3-10-20-44)51(52)45-21-11-4-12-22-45;1-3-16-35(17-4-1)47-32-38-21-9-10-22-41(38)50(49(47)36-18-5-2-6-19-36)51(39-28-27-34-15-7-8-20-37(34)31-39)40-29-30-46-44-25-12-11-23-42(44)43-24-13-14-26-45(43)48(46)33-40;1-4-15-29(16-5-1)36-27-32-20-12-13-23-35(32)38(37(36)30-17-6-2-7-18-30)39(33-21-8-3-9-22-33)34-25-24-28-14-10-11-19-31(28)26-34/h1-37H;1-33H;1-27H. The molecule has 3 nitrogen and oxygen atoms in total. The number of rotatable bonds is 18. The zero-order valence-corrected chi connectivity index (χ0v) is 78.8. The van der Waals surface area contributed by atoms with E-state index < -0.39 is 0 Å². The summed E-state index contributed by atoms with van der Waals surface area (Å²) in [4.78, 5) is 7.39. The number of hydrogen-bond acceptors (Lipinski definition) is 3. The summed E-state index contributed by atoms with van der Waals surface area (Å²) in [5, 5.41) is 19.7. The first-order valence-electron chi connectivity index (χ1n) is 49.2. The van der Waals surface area contributed by atoms with Gasteiger partial charge in [-0.1, -0.05) is 497 Å². The Hall–Kier alpha value is -18.8. The molecule has 26 rings (SSSR count). The van der Waals surface area contributed by atoms with Crippen LogP contribution in [-0.4, -0.2) is 0 Å². The van der Waals surface area contributed by atoms with E-state index in [2.05, 4.69) is 603 Å². The molecule has 672 valence electrons. The van der Waals surface area contributed by atoms with Crippen molar-refractivity contribution < 1.29 is 0 Å². The van der Waals surface area contributed by atoms with Crippen molar-refractivity contribution in [1.29, 1.82) is 0 Å². The Balaban J connectivity index is 0.000000117. The SMILES string of the molecule is c1ccc(-c2cc3ccccc3c(N(c3ccc4ccccc4c3)c3ccc4c5ccccc5c5ccccc5c4c3)c2-c2ccccc2)cc1.c1ccc(-c2cc3ccccc3c(N(c3ccccc3)c3ccc4ccccc4c3)c2-c2ccccc2)cc1.c1ccc(-c2ccc(-c3ccc(N(c4ccc(-c5ccccc5)cc4)c4c(-c5ccccc5)c(-c5ccccc5)cc5ccccc45)cc3)cc2)cc1. The van der Waals surface area contributed by atoms with E-state index in [0.717, 1.165) is 45.5 Å². The van der Waals surface area contributed by atoms with Crippen LogP contribution in [0.1, 0.15) is 0 Å². The number of anilines is 9. The molecule has 0 atom stereocenters. The van der Waals surface area contributed by atoms with Crippen LogP contribution in [0.3, 0.4) is 0 Å². The van der Waals surface area contributed by atoms with E-state index in [1.807, 2.05) is 0 Å². The Kier molecular flexibility index (Phi) is 23.9. The molecule has 26 aromatic rings. The molecule has 0 radical (unpaired) electrons. The van der Waals surface area contributed by atoms with Crippen LogP contribution in [0.2, 0.25) is 0 Å². The molecule has 3 heteroatoms. The van der Waals surface area contributed by atoms with Crippen molar-refractivity contribution in [3.8, 4) is 100 Å². The molecule has 143 heavy (non-hydrogen) atoms. The van der Waals surface area contributed by atoms with Gasteiger partial charge >= 0.3 is 0 Å². The molecule has 0 fully saturated rings. The van der Waals surface area contributed by atoms with Gasteiger partial charge in [0.2, 0.25) is 0 Å². The Morgan fingerprint density at radius 1 is 0.0979 bits per heavy atom. The Morgan fingerprint density at radius 3 is 0.615 bits per heavy atom. The van der Waals surface area contributed by atoms with E-state index in [0.29, 0.717) is 0 Å². The summed E-state index contributed by atoms with van der Waals surface area (Å²) in [6.07, 6.45) is 0. The Labute approximate surface area is 834 Å². The fourth-order valence-electron chi connectivity index (χ4n) is 21.1. The minimum atomic E-state index is 1.09. The molecule has 0 heterocycles. The second-order valence-electron chi connectivity index (χ2n) is 36.4. The first-order chi connectivity index (χ1) is 71.0. The lowest BCUT2D eigenvalue weighted by Crippen LogP contribution is -2.12. The van der Waals surface area contributed by atoms with Crippen LogP contribution < -0.4 is 14.7 Å². The van der Waals surface area contributed by atoms with Crippen molar-refractivity contribution in [1.82, 2.24) is 0 Å². The highest BCUT2D eigenvalue weighted by atomic mass is 15.2. The van der Waals surface area contributed by atoms with Crippen LogP contribution >= 0.6 is 0 Å². The predicted molar refractivity (Wildman–Crippen MR) is 612 cm³/mol. The van der Waals surface area contributed by atoms with Gasteiger partial charge < -0.3 is 14.7 Å². The fourth-order valence-corrected chi connectivity index (χ4v) is 21.1. The van der Waals surface area contributed by atoms with Gasteiger partial charge in [-0.2, -0.15) is 0 Å². The van der Waals surface area contributed by atoms with Gasteiger partial charge in [-0.15, -0.1) is 0 Å². The maximum atomic E-state index is 2.51. The van der Waals surface area contributed by atoms with E-state index in [1.54, 1.807) is 0 Å². The molecule has 0 saturated heterocycles. The van der Waals surface area contributed by atoms with Gasteiger partial charge in [0.15, 0.2) is 0 Å². The summed E-state index contributed by atoms with van der Waals surface area (Å²) in [6.45, 7) is 0. The third-order valence-electron chi connectivity index (χ3n) is 27.8. The molecule has 0 aliphatic heterocycles. The number of para-hydroxylation sites is 1. The monoisotopic (exact) mass is 1820 g/mol. The third-order valence-corrected chi connectivity index (χ3v) is 27.8. The highest BCUT2D eigenvalue weighted by Crippen LogP contribution is 2.56. The number of fused-ring (bicyclic) bond motifs is 11. The summed E-state index contributed by atoms with van der Waals surface area (Å²) >= 11 is 0. The van der Waals surface area contributed by atoms with E-state index in [4.69, 9.17) is 0 Å². The van der Waals surface area contributed by atoms with Gasteiger partial charge in [0.1, 0.15) is 0 Å². The van der Waals surface area contributed by atoms with E-state index in [1.165, 1.54) is 192 Å². The van der Waals surface area contributed by atoms with Crippen molar-refractivity contribution in [3.63, 3.8) is 0 Å². The van der Waals surface area contributed by atoms with Crippen LogP contribution in [0.5, 0.6) is 0 Å². The number of benzene rings is 26. The van der Waals surface area contributed by atoms with Gasteiger partial charge in [-0.05, 0) is 244 Å². The smallest absolute Gasteiger partial charge is 0.0624 e. The molecule has 26 aromatic carbocycles. The first kappa shape index (κ1) is 87.0. The zero-order valence-electron chi connectivity index (χ0n) is 78.8. The summed E-state index contributed by atoms with van der Waals surface area (Å²) < 4.78 is 0. The van der Waals surface area contributed by atoms with Crippen molar-refractivity contribution >= 4 is 137 Å². The molecule has 0 unspecified atom stereocenters. The number of hydrogen-bond donors (Lipinski definition) is 0. The zero-order chi connectivity index (χ0) is 95.1. The highest BCUT2D eigenvalue weighted by molar-refractivity contribution is 6.26. The maximum absolute atomic E-state index is 2.51. The van der Waals surface area contributed by atoms with Crippen LogP contribution in [0.15, 0.2) is 588 Å². The van der Waals surface area contributed by atoms with E-state index in [9.17, 15) is 0 Å². The second kappa shape index (κ2) is 39.4. The molecular weight excluding hydrogens is 1720 g/mol. The fraction of sp³-hybridized carbons (Fsp3) is 0. The van der Waals surface area contributed by atoms with Crippen molar-refractivity contribution in [2.24, 2.45) is 0 Å². The molecule has 0 saturated carbocycles. The lowest BCUT2D eigenvalue weighted by molar-refractivity contribution is 1.30. The summed E-state index contributed by atoms with van der Waals surface area (Å²) in [6, 6.07) is 213. The molecule has 0 amide bonds. The van der Waals surface area contributed by atoms with Gasteiger partial charge in [-0.3, -0.25) is 0 Å². The Morgan fingerprint density at radius 2 is 0.294 bits per heavy atom. The molecule has 0 aliphatic carbocycles. The van der Waals surface area contributed by atoms with Gasteiger partial charge in [0.25, 0.3) is 0 Å². The summed E-state index contributed by atoms with van der Waals surface area (Å²) in [5.74, 6) is 0. The molecule has 0 aliphatic rings. The Bertz CT molecular complexity index is 9030. The molecule has 0 bridgehead atoms. The molecule has 0 N–H and O–H groups in total. The minimum absolute atomic E-state index is 1.09. The topological polar surface area (TPSA) is 9.72 Å². The molecule has 0 spiro atoms. The van der Waals surface area contributed by atoms with Crippen molar-refractivity contribution in [2.45, 2.75) is 0 Å². The quantitative estimate of drug-likeness (QED) is 0.0793. The molecular formula is C140H97N3. The van der Waals surface area contributed by atoms with E-state index >= 15 is 0 Å². The predicted octanol–water partition coefficient (Wildman–Crippen LogP) is 39.7. The average molecular weight is 1820 g/mol. The van der Waals surface area contributed by atoms with Crippen LogP contribution in [-0.2, 0) is 0 Å². The number of nitrogens with zero attached hydrogens (tertiary/aromatic N) is 3. The van der Waals surface area contributed by atoms with Crippen LogP contribution in [0.4, 0.5) is 51.2 Å². The largest absolute Gasteiger partial charge is 0.309 e. The van der Waals surface area contributed by atoms with Crippen molar-refractivity contribution in [2.75, 3.05) is 14.7 Å². The second-order valence-corrected chi connectivity index (χ2v) is 36.4. The van der Waals surface area contributed by atoms with Gasteiger partial charge in [0.05, 0.1) is 17.1 Å². The lowest BCUT2D eigenvalue weighted by Gasteiger charge is -2.31. The van der Waals surface area contributed by atoms with Crippen LogP contribution in [0, 0.1) is 0 Å². The van der Waals surface area contributed by atoms with E-state index in [-0.39, 0.29) is 0 Å². The van der Waals surface area contributed by atoms with Gasteiger partial charge in [-0.25, -0.2) is 0 Å². The highest BCUT2D eigenvalue weighted by Gasteiger charge is 2.30. The lowest BCUT2D eigenvalue weighted by atomic mass is 9.88. The summed E-state index contributed by atoms with van der Waals surface area (Å²) in [5.41, 5.74) is 31.8. The average Bonchev–Trinajstić information content (AvgIpc) is 0.738. The molecule has 0 aromatic heterocycles. The third kappa shape index (κ3) is 17.3. The normalized spacial score (nSPS) is 11.2. The van der Waals surface area contributed by atoms with Gasteiger partial charge in [0, 0.05) is 67.0 Å². The van der Waals surface area contributed by atoms with Crippen LogP contribution in [0.25, 0.3) is 186 Å². The summed E-state index contributed by atoms with van der Waals surface area (Å²) in [7, 11) is 0. The minimum Gasteiger partial charge on any atom is -0.309 e.